The van der Waals surface area contributed by atoms with Crippen LogP contribution in [-0.4, -0.2) is 5.91 Å². The Morgan fingerprint density at radius 2 is 0.576 bits per heavy atom. The Kier molecular flexibility index (Phi) is 22.5. The Bertz CT molecular complexity index is 2150. The Labute approximate surface area is 388 Å². The molecule has 0 atom stereocenters. The van der Waals surface area contributed by atoms with Gasteiger partial charge in [0.15, 0.2) is 0 Å². The maximum Gasteiger partial charge on any atom is 0.416 e. The first-order chi connectivity index (χ1) is 30.1. The van der Waals surface area contributed by atoms with E-state index in [9.17, 15) is 44.3 Å². The zero-order valence-corrected chi connectivity index (χ0v) is 41.4. The number of primary amides is 1. The summed E-state index contributed by atoms with van der Waals surface area (Å²) in [4.78, 5) is 11.0. The number of amides is 1. The van der Waals surface area contributed by atoms with E-state index in [4.69, 9.17) is 5.73 Å². The van der Waals surface area contributed by atoms with Gasteiger partial charge in [0.25, 0.3) is 0 Å². The molecule has 0 aliphatic carbocycles. The summed E-state index contributed by atoms with van der Waals surface area (Å²) in [7, 11) is 0. The molecule has 0 aliphatic rings. The van der Waals surface area contributed by atoms with Crippen LogP contribution in [0.2, 0.25) is 0 Å². The molecule has 5 aromatic rings. The van der Waals surface area contributed by atoms with Crippen molar-refractivity contribution in [1.82, 2.24) is 0 Å². The number of carbonyl (C=O) groups is 1. The number of rotatable bonds is 6. The lowest BCUT2D eigenvalue weighted by Crippen LogP contribution is -2.13. The number of halogens is 9. The Morgan fingerprint density at radius 3 is 0.803 bits per heavy atom. The van der Waals surface area contributed by atoms with Crippen LogP contribution in [-0.2, 0) is 18.5 Å². The third kappa shape index (κ3) is 19.0. The van der Waals surface area contributed by atoms with Gasteiger partial charge in [-0.2, -0.15) is 39.5 Å². The molecule has 0 saturated carbocycles. The quantitative estimate of drug-likeness (QED) is 0.169. The first kappa shape index (κ1) is 59.0. The number of alkyl halides is 9. The molecule has 0 unspecified atom stereocenters. The zero-order chi connectivity index (χ0) is 51.2. The number of hydrogen-bond acceptors (Lipinski definition) is 1. The van der Waals surface area contributed by atoms with Gasteiger partial charge < -0.3 is 5.73 Å². The van der Waals surface area contributed by atoms with Crippen LogP contribution in [0.5, 0.6) is 0 Å². The van der Waals surface area contributed by atoms with Gasteiger partial charge in [-0.3, -0.25) is 4.79 Å². The third-order valence-electron chi connectivity index (χ3n) is 11.1. The molecule has 0 aliphatic heterocycles. The van der Waals surface area contributed by atoms with E-state index in [0.29, 0.717) is 17.4 Å². The van der Waals surface area contributed by atoms with Crippen LogP contribution in [0.25, 0.3) is 0 Å². The van der Waals surface area contributed by atoms with Crippen LogP contribution >= 0.6 is 0 Å². The van der Waals surface area contributed by atoms with Gasteiger partial charge in [0, 0.05) is 5.56 Å². The van der Waals surface area contributed by atoms with Crippen LogP contribution in [0.4, 0.5) is 39.5 Å². The van der Waals surface area contributed by atoms with Crippen molar-refractivity contribution in [3.8, 4) is 0 Å². The van der Waals surface area contributed by atoms with Gasteiger partial charge in [-0.25, -0.2) is 0 Å². The van der Waals surface area contributed by atoms with E-state index in [2.05, 4.69) is 59.7 Å². The molecule has 1 amide bonds. The van der Waals surface area contributed by atoms with Gasteiger partial charge >= 0.3 is 18.5 Å². The van der Waals surface area contributed by atoms with Gasteiger partial charge in [0.2, 0.25) is 5.91 Å². The summed E-state index contributed by atoms with van der Waals surface area (Å²) in [5.41, 5.74) is 13.6. The van der Waals surface area contributed by atoms with E-state index in [0.717, 1.165) is 27.8 Å². The molecule has 0 heterocycles. The number of hydrogen-bond donors (Lipinski definition) is 1. The molecule has 5 rings (SSSR count). The highest BCUT2D eigenvalue weighted by atomic mass is 19.4. The Balaban J connectivity index is 0.000000413. The summed E-state index contributed by atoms with van der Waals surface area (Å²) in [6.07, 6.45) is -12.7. The van der Waals surface area contributed by atoms with Crippen molar-refractivity contribution in [1.29, 1.82) is 0 Å². The lowest BCUT2D eigenvalue weighted by molar-refractivity contribution is -0.138. The highest BCUT2D eigenvalue weighted by Gasteiger charge is 2.34. The molecule has 0 fully saturated rings. The second-order valence-corrected chi connectivity index (χ2v) is 18.3. The monoisotopic (exact) mass is 932 g/mol. The number of benzene rings is 5. The maximum absolute atomic E-state index is 12.5. The van der Waals surface area contributed by atoms with Crippen molar-refractivity contribution < 1.29 is 44.3 Å². The van der Waals surface area contributed by atoms with Gasteiger partial charge in [-0.05, 0) is 157 Å². The zero-order valence-electron chi connectivity index (χ0n) is 41.4. The summed E-state index contributed by atoms with van der Waals surface area (Å²) in [6.45, 7) is 30.6. The lowest BCUT2D eigenvalue weighted by atomic mass is 9.98. The molecule has 364 valence electrons. The Hall–Kier alpha value is -5.06. The van der Waals surface area contributed by atoms with E-state index in [-0.39, 0.29) is 40.4 Å². The van der Waals surface area contributed by atoms with Crippen LogP contribution < -0.4 is 5.73 Å². The minimum atomic E-state index is -4.24. The highest BCUT2D eigenvalue weighted by molar-refractivity contribution is 5.94. The predicted octanol–water partition coefficient (Wildman–Crippen LogP) is 18.1. The van der Waals surface area contributed by atoms with Crippen molar-refractivity contribution in [2.24, 2.45) is 5.73 Å². The van der Waals surface area contributed by atoms with Crippen molar-refractivity contribution in [3.05, 3.63) is 174 Å². The second-order valence-electron chi connectivity index (χ2n) is 18.3. The summed E-state index contributed by atoms with van der Waals surface area (Å²) < 4.78 is 112. The molecule has 2 nitrogen and oxygen atoms in total. The minimum Gasteiger partial charge on any atom is -0.366 e. The average molecular weight is 932 g/mol. The first-order valence-corrected chi connectivity index (χ1v) is 22.1. The van der Waals surface area contributed by atoms with Crippen molar-refractivity contribution in [2.45, 2.75) is 159 Å². The molecule has 2 N–H and O–H groups in total. The van der Waals surface area contributed by atoms with Crippen LogP contribution in [0, 0.1) is 41.5 Å². The van der Waals surface area contributed by atoms with Crippen LogP contribution in [0.1, 0.15) is 187 Å². The fourth-order valence-electron chi connectivity index (χ4n) is 6.30. The topological polar surface area (TPSA) is 43.1 Å². The fourth-order valence-corrected chi connectivity index (χ4v) is 6.30. The molecule has 11 heteroatoms. The van der Waals surface area contributed by atoms with Gasteiger partial charge in [-0.15, -0.1) is 0 Å². The van der Waals surface area contributed by atoms with E-state index < -0.39 is 35.2 Å². The SMILES string of the molecule is Cc1ccc(C(C)C)cc1C.Cc1ccc(C(C)C)cc1C(F)(F)F.Cc1ccc(C(C)C)cc1C(F)(F)F.Cc1ccc(C(C)C)cc1C(F)(F)F.Cc1ccc(C(C)C)cc1C(N)=O. The highest BCUT2D eigenvalue weighted by Crippen LogP contribution is 2.36. The van der Waals surface area contributed by atoms with E-state index in [1.165, 1.54) is 73.9 Å². The molecule has 5 aromatic carbocycles. The normalized spacial score (nSPS) is 11.6. The molecule has 66 heavy (non-hydrogen) atoms. The van der Waals surface area contributed by atoms with Crippen molar-refractivity contribution in [3.63, 3.8) is 0 Å². The smallest absolute Gasteiger partial charge is 0.366 e. The van der Waals surface area contributed by atoms with Gasteiger partial charge in [0.05, 0.1) is 16.7 Å². The molecular weight excluding hydrogens is 862 g/mol. The van der Waals surface area contributed by atoms with E-state index in [1.54, 1.807) is 18.2 Å². The van der Waals surface area contributed by atoms with Gasteiger partial charge in [-0.1, -0.05) is 136 Å². The van der Waals surface area contributed by atoms with Crippen LogP contribution in [0.15, 0.2) is 91.0 Å². The maximum atomic E-state index is 12.5. The number of aryl methyl sites for hydroxylation is 6. The molecule has 0 bridgehead atoms. The average Bonchev–Trinajstić information content (AvgIpc) is 3.18. The second kappa shape index (κ2) is 25.2. The molecule has 0 saturated heterocycles. The summed E-state index contributed by atoms with van der Waals surface area (Å²) in [6, 6.07) is 26.1. The first-order valence-electron chi connectivity index (χ1n) is 22.1. The molecular formula is C55H70F9NO. The molecule has 0 radical (unpaired) electrons. The third-order valence-corrected chi connectivity index (χ3v) is 11.1. The summed E-state index contributed by atoms with van der Waals surface area (Å²) in [5.74, 6) is 1.10. The summed E-state index contributed by atoms with van der Waals surface area (Å²) in [5, 5.41) is 0. The number of carbonyl (C=O) groups excluding carboxylic acids is 1. The molecule has 0 spiro atoms. The van der Waals surface area contributed by atoms with Gasteiger partial charge in [0.1, 0.15) is 0 Å². The standard InChI is InChI=1S/3C11H13F3.C11H15NO.C11H16/c3*1-7(2)9-5-4-8(3)10(6-9)11(12,13)14;1-7(2)9-5-4-8(3)10(6-9)11(12)13;1-8(2)11-6-5-9(3)10(4)7-11/h3*4-7H,1-3H3;4-7H,1-3H3,(H2,12,13);5-8H,1-4H3. The van der Waals surface area contributed by atoms with Crippen molar-refractivity contribution >= 4 is 5.91 Å². The number of nitrogens with two attached hydrogens (primary N) is 1. The largest absolute Gasteiger partial charge is 0.416 e. The van der Waals surface area contributed by atoms with Crippen molar-refractivity contribution in [2.75, 3.05) is 0 Å². The molecule has 0 aromatic heterocycles. The van der Waals surface area contributed by atoms with E-state index >= 15 is 0 Å². The predicted molar refractivity (Wildman–Crippen MR) is 255 cm³/mol. The fraction of sp³-hybridized carbons (Fsp3) is 0.436. The minimum absolute atomic E-state index is 0.122. The van der Waals surface area contributed by atoms with Crippen LogP contribution in [0.3, 0.4) is 0 Å². The summed E-state index contributed by atoms with van der Waals surface area (Å²) >= 11 is 0. The Morgan fingerprint density at radius 1 is 0.348 bits per heavy atom. The van der Waals surface area contributed by atoms with E-state index in [1.807, 2.05) is 66.7 Å². The lowest BCUT2D eigenvalue weighted by Gasteiger charge is -2.13.